The highest BCUT2D eigenvalue weighted by Gasteiger charge is 2.30. The van der Waals surface area contributed by atoms with Gasteiger partial charge in [0, 0.05) is 25.8 Å². The molecule has 2 atom stereocenters. The van der Waals surface area contributed by atoms with Gasteiger partial charge >= 0.3 is 0 Å². The monoisotopic (exact) mass is 284 g/mol. The summed E-state index contributed by atoms with van der Waals surface area (Å²) in [5.74, 6) is 0.623. The molecule has 2 N–H and O–H groups in total. The number of hydrogen-bond acceptors (Lipinski definition) is 3. The fourth-order valence-electron chi connectivity index (χ4n) is 3.40. The van der Waals surface area contributed by atoms with Crippen LogP contribution in [0.25, 0.3) is 0 Å². The maximum atomic E-state index is 6.07. The third-order valence-corrected chi connectivity index (χ3v) is 4.58. The molecule has 4 heteroatoms. The summed E-state index contributed by atoms with van der Waals surface area (Å²) in [6.07, 6.45) is 5.08. The lowest BCUT2D eigenvalue weighted by Gasteiger charge is -2.27. The van der Waals surface area contributed by atoms with Crippen molar-refractivity contribution in [3.05, 3.63) is 54.1 Å². The van der Waals surface area contributed by atoms with Gasteiger partial charge in [-0.25, -0.2) is 4.98 Å². The molecule has 2 aromatic rings. The summed E-state index contributed by atoms with van der Waals surface area (Å²) in [4.78, 5) is 6.81. The van der Waals surface area contributed by atoms with E-state index in [0.717, 1.165) is 19.6 Å². The fraction of sp³-hybridized carbons (Fsp3) is 0.471. The fourth-order valence-corrected chi connectivity index (χ4v) is 3.40. The molecule has 0 saturated carbocycles. The molecule has 0 spiro atoms. The molecule has 1 saturated heterocycles. The van der Waals surface area contributed by atoms with Crippen molar-refractivity contribution >= 4 is 0 Å². The van der Waals surface area contributed by atoms with Crippen LogP contribution in [0.3, 0.4) is 0 Å². The van der Waals surface area contributed by atoms with Crippen LogP contribution in [0.2, 0.25) is 0 Å². The minimum Gasteiger partial charge on any atom is -0.333 e. The van der Waals surface area contributed by atoms with Crippen LogP contribution in [0.1, 0.15) is 36.6 Å². The first-order valence-corrected chi connectivity index (χ1v) is 7.82. The maximum absolute atomic E-state index is 6.07. The number of hydrogen-bond donors (Lipinski definition) is 1. The third kappa shape index (κ3) is 2.87. The van der Waals surface area contributed by atoms with Crippen LogP contribution in [-0.2, 0) is 6.54 Å². The Labute approximate surface area is 126 Å². The lowest BCUT2D eigenvalue weighted by atomic mass is 9.99. The van der Waals surface area contributed by atoms with Gasteiger partial charge in [0.2, 0.25) is 0 Å². The normalized spacial score (nSPS) is 20.8. The van der Waals surface area contributed by atoms with Crippen LogP contribution in [0.15, 0.2) is 42.9 Å². The van der Waals surface area contributed by atoms with Gasteiger partial charge in [0.05, 0.1) is 18.1 Å². The van der Waals surface area contributed by atoms with Crippen molar-refractivity contribution in [2.75, 3.05) is 19.6 Å². The van der Waals surface area contributed by atoms with Crippen LogP contribution in [-0.4, -0.2) is 34.1 Å². The molecule has 0 aliphatic carbocycles. The van der Waals surface area contributed by atoms with Crippen molar-refractivity contribution in [3.63, 3.8) is 0 Å². The van der Waals surface area contributed by atoms with E-state index >= 15 is 0 Å². The number of likely N-dealkylation sites (tertiary alicyclic amines) is 1. The Morgan fingerprint density at radius 1 is 1.33 bits per heavy atom. The third-order valence-electron chi connectivity index (χ3n) is 4.58. The smallest absolute Gasteiger partial charge is 0.0948 e. The molecule has 1 aromatic heterocycles. The van der Waals surface area contributed by atoms with Gasteiger partial charge < -0.3 is 10.3 Å². The Bertz CT molecular complexity index is 563. The zero-order valence-electron chi connectivity index (χ0n) is 12.7. The molecule has 0 bridgehead atoms. The largest absolute Gasteiger partial charge is 0.333 e. The van der Waals surface area contributed by atoms with Crippen molar-refractivity contribution in [3.8, 4) is 0 Å². The van der Waals surface area contributed by atoms with Crippen molar-refractivity contribution in [2.45, 2.75) is 31.8 Å². The highest BCUT2D eigenvalue weighted by atomic mass is 15.2. The Morgan fingerprint density at radius 2 is 2.14 bits per heavy atom. The average molecular weight is 284 g/mol. The van der Waals surface area contributed by atoms with Gasteiger partial charge in [0.1, 0.15) is 0 Å². The molecule has 2 heterocycles. The molecule has 21 heavy (non-hydrogen) atoms. The topological polar surface area (TPSA) is 47.1 Å². The van der Waals surface area contributed by atoms with Crippen LogP contribution in [0.4, 0.5) is 0 Å². The van der Waals surface area contributed by atoms with E-state index < -0.39 is 0 Å². The van der Waals surface area contributed by atoms with Crippen molar-refractivity contribution in [2.24, 2.45) is 5.73 Å². The molecule has 3 rings (SSSR count). The second kappa shape index (κ2) is 6.41. The van der Waals surface area contributed by atoms with Crippen LogP contribution >= 0.6 is 0 Å². The van der Waals surface area contributed by atoms with E-state index in [1.54, 1.807) is 0 Å². The molecular formula is C17H24N4. The number of benzene rings is 1. The van der Waals surface area contributed by atoms with Crippen LogP contribution in [0.5, 0.6) is 0 Å². The molecule has 4 nitrogen and oxygen atoms in total. The summed E-state index contributed by atoms with van der Waals surface area (Å²) < 4.78 is 2.20. The van der Waals surface area contributed by atoms with E-state index in [1.807, 2.05) is 12.5 Å². The zero-order valence-corrected chi connectivity index (χ0v) is 12.7. The Balaban J connectivity index is 1.75. The lowest BCUT2D eigenvalue weighted by molar-refractivity contribution is 0.238. The van der Waals surface area contributed by atoms with E-state index in [1.165, 1.54) is 17.7 Å². The quantitative estimate of drug-likeness (QED) is 0.917. The van der Waals surface area contributed by atoms with Gasteiger partial charge in [0.15, 0.2) is 0 Å². The van der Waals surface area contributed by atoms with E-state index in [0.29, 0.717) is 12.5 Å². The number of nitrogens with zero attached hydrogens (tertiary/aromatic N) is 3. The number of imidazole rings is 1. The summed E-state index contributed by atoms with van der Waals surface area (Å²) in [6.45, 7) is 5.93. The molecule has 1 aliphatic rings. The molecule has 1 aromatic carbocycles. The minimum absolute atomic E-state index is 0.279. The molecular weight excluding hydrogens is 260 g/mol. The van der Waals surface area contributed by atoms with Gasteiger partial charge in [-0.2, -0.15) is 0 Å². The van der Waals surface area contributed by atoms with Crippen molar-refractivity contribution in [1.82, 2.24) is 14.5 Å². The molecule has 0 radical (unpaired) electrons. The first kappa shape index (κ1) is 14.3. The van der Waals surface area contributed by atoms with E-state index in [2.05, 4.69) is 51.7 Å². The number of aromatic nitrogens is 2. The van der Waals surface area contributed by atoms with Gasteiger partial charge in [0.25, 0.3) is 0 Å². The van der Waals surface area contributed by atoms with E-state index in [-0.39, 0.29) is 6.04 Å². The SMILES string of the molecule is CCn1cncc1C(CN)N1CCC(c2ccccc2)C1. The molecule has 1 aliphatic heterocycles. The Morgan fingerprint density at radius 3 is 2.86 bits per heavy atom. The van der Waals surface area contributed by atoms with Gasteiger partial charge in [-0.1, -0.05) is 30.3 Å². The summed E-state index contributed by atoms with van der Waals surface area (Å²) in [5.41, 5.74) is 8.76. The van der Waals surface area contributed by atoms with E-state index in [9.17, 15) is 0 Å². The maximum Gasteiger partial charge on any atom is 0.0948 e. The molecule has 1 fully saturated rings. The molecule has 112 valence electrons. The van der Waals surface area contributed by atoms with E-state index in [4.69, 9.17) is 5.73 Å². The lowest BCUT2D eigenvalue weighted by Crippen LogP contribution is -2.33. The molecule has 2 unspecified atom stereocenters. The van der Waals surface area contributed by atoms with Gasteiger partial charge in [-0.3, -0.25) is 4.90 Å². The Hall–Kier alpha value is -1.65. The highest BCUT2D eigenvalue weighted by Crippen LogP contribution is 2.32. The average Bonchev–Trinajstić information content (AvgIpc) is 3.19. The standard InChI is InChI=1S/C17H24N4/c1-2-20-13-19-11-17(20)16(10-18)21-9-8-15(12-21)14-6-4-3-5-7-14/h3-7,11,13,15-16H,2,8-10,12,18H2,1H3. The first-order chi connectivity index (χ1) is 10.3. The summed E-state index contributed by atoms with van der Waals surface area (Å²) in [6, 6.07) is 11.1. The Kier molecular flexibility index (Phi) is 4.36. The summed E-state index contributed by atoms with van der Waals surface area (Å²) in [7, 11) is 0. The van der Waals surface area contributed by atoms with Gasteiger partial charge in [-0.05, 0) is 31.4 Å². The zero-order chi connectivity index (χ0) is 14.7. The number of nitrogens with two attached hydrogens (primary N) is 1. The highest BCUT2D eigenvalue weighted by molar-refractivity contribution is 5.21. The minimum atomic E-state index is 0.279. The van der Waals surface area contributed by atoms with Crippen molar-refractivity contribution < 1.29 is 0 Å². The number of aryl methyl sites for hydroxylation is 1. The van der Waals surface area contributed by atoms with Crippen molar-refractivity contribution in [1.29, 1.82) is 0 Å². The van der Waals surface area contributed by atoms with Crippen LogP contribution < -0.4 is 5.73 Å². The number of rotatable bonds is 5. The molecule has 0 amide bonds. The predicted molar refractivity (Wildman–Crippen MR) is 85.1 cm³/mol. The summed E-state index contributed by atoms with van der Waals surface area (Å²) in [5, 5.41) is 0. The summed E-state index contributed by atoms with van der Waals surface area (Å²) >= 11 is 0. The predicted octanol–water partition coefficient (Wildman–Crippen LogP) is 2.39. The van der Waals surface area contributed by atoms with Crippen LogP contribution in [0, 0.1) is 0 Å². The first-order valence-electron chi connectivity index (χ1n) is 7.82. The second-order valence-electron chi connectivity index (χ2n) is 5.75. The second-order valence-corrected chi connectivity index (χ2v) is 5.75. The van der Waals surface area contributed by atoms with Gasteiger partial charge in [-0.15, -0.1) is 0 Å².